The molecule has 0 spiro atoms. The van der Waals surface area contributed by atoms with Crippen molar-refractivity contribution in [2.75, 3.05) is 0 Å². The number of benzene rings is 2. The molecule has 2 rings (SSSR count). The summed E-state index contributed by atoms with van der Waals surface area (Å²) in [5, 5.41) is 10.3. The van der Waals surface area contributed by atoms with Gasteiger partial charge in [-0.25, -0.2) is 8.78 Å². The van der Waals surface area contributed by atoms with E-state index in [4.69, 9.17) is 11.6 Å². The molecule has 1 N–H and O–H groups in total. The van der Waals surface area contributed by atoms with Crippen LogP contribution in [0.5, 0.6) is 0 Å². The molecular formula is C14H10BrClF2O. The van der Waals surface area contributed by atoms with Crippen molar-refractivity contribution in [3.05, 3.63) is 68.2 Å². The highest BCUT2D eigenvalue weighted by Gasteiger charge is 2.19. The lowest BCUT2D eigenvalue weighted by Crippen LogP contribution is -2.04. The zero-order valence-electron chi connectivity index (χ0n) is 9.92. The summed E-state index contributed by atoms with van der Waals surface area (Å²) in [5.41, 5.74) is 0.717. The summed E-state index contributed by atoms with van der Waals surface area (Å²) in [4.78, 5) is 0. The minimum Gasteiger partial charge on any atom is -0.383 e. The summed E-state index contributed by atoms with van der Waals surface area (Å²) in [6, 6.07) is 6.86. The Balaban J connectivity index is 2.49. The summed E-state index contributed by atoms with van der Waals surface area (Å²) in [6.07, 6.45) is -1.24. The number of hydrogen-bond acceptors (Lipinski definition) is 1. The molecule has 1 nitrogen and oxygen atoms in total. The SMILES string of the molecule is Cc1cc(C(O)c2ccc(Br)cc2F)c(Cl)cc1F. The molecule has 0 aliphatic rings. The van der Waals surface area contributed by atoms with E-state index in [1.807, 2.05) is 0 Å². The molecule has 1 atom stereocenters. The molecule has 0 fully saturated rings. The van der Waals surface area contributed by atoms with Crippen LogP contribution in [0, 0.1) is 18.6 Å². The van der Waals surface area contributed by atoms with Crippen molar-refractivity contribution in [2.45, 2.75) is 13.0 Å². The van der Waals surface area contributed by atoms with Crippen molar-refractivity contribution in [2.24, 2.45) is 0 Å². The van der Waals surface area contributed by atoms with Gasteiger partial charge in [0.25, 0.3) is 0 Å². The van der Waals surface area contributed by atoms with Gasteiger partial charge < -0.3 is 5.11 Å². The zero-order valence-corrected chi connectivity index (χ0v) is 12.3. The molecule has 5 heteroatoms. The quantitative estimate of drug-likeness (QED) is 0.829. The molecule has 0 heterocycles. The van der Waals surface area contributed by atoms with E-state index in [0.29, 0.717) is 10.0 Å². The molecule has 0 aliphatic heterocycles. The molecule has 2 aromatic rings. The van der Waals surface area contributed by atoms with Crippen LogP contribution in [0.25, 0.3) is 0 Å². The van der Waals surface area contributed by atoms with E-state index in [1.54, 1.807) is 13.0 Å². The summed E-state index contributed by atoms with van der Waals surface area (Å²) >= 11 is 9.04. The number of halogens is 4. The fourth-order valence-electron chi connectivity index (χ4n) is 1.78. The van der Waals surface area contributed by atoms with Crippen molar-refractivity contribution in [3.63, 3.8) is 0 Å². The normalized spacial score (nSPS) is 12.5. The Morgan fingerprint density at radius 2 is 1.79 bits per heavy atom. The maximum absolute atomic E-state index is 13.8. The molecule has 0 amide bonds. The lowest BCUT2D eigenvalue weighted by Gasteiger charge is -2.15. The van der Waals surface area contributed by atoms with E-state index in [0.717, 1.165) is 6.07 Å². The van der Waals surface area contributed by atoms with Gasteiger partial charge in [0, 0.05) is 20.6 Å². The number of aliphatic hydroxyl groups is 1. The Morgan fingerprint density at radius 3 is 2.42 bits per heavy atom. The lowest BCUT2D eigenvalue weighted by atomic mass is 9.99. The second-order valence-electron chi connectivity index (χ2n) is 4.19. The first kappa shape index (κ1) is 14.4. The minimum absolute atomic E-state index is 0.0675. The monoisotopic (exact) mass is 346 g/mol. The van der Waals surface area contributed by atoms with E-state index in [2.05, 4.69) is 15.9 Å². The number of aryl methyl sites for hydroxylation is 1. The Morgan fingerprint density at radius 1 is 1.11 bits per heavy atom. The Labute approximate surface area is 123 Å². The molecule has 0 aliphatic carbocycles. The van der Waals surface area contributed by atoms with E-state index in [1.165, 1.54) is 18.2 Å². The fourth-order valence-corrected chi connectivity index (χ4v) is 2.37. The lowest BCUT2D eigenvalue weighted by molar-refractivity contribution is 0.215. The Bertz CT molecular complexity index is 631. The van der Waals surface area contributed by atoms with Gasteiger partial charge in [-0.2, -0.15) is 0 Å². The summed E-state index contributed by atoms with van der Waals surface area (Å²) < 4.78 is 27.7. The number of rotatable bonds is 2. The van der Waals surface area contributed by atoms with Crippen LogP contribution in [0.1, 0.15) is 22.8 Å². The summed E-state index contributed by atoms with van der Waals surface area (Å²) in [7, 11) is 0. The highest BCUT2D eigenvalue weighted by atomic mass is 79.9. The van der Waals surface area contributed by atoms with Crippen LogP contribution >= 0.6 is 27.5 Å². The first-order chi connectivity index (χ1) is 8.90. The van der Waals surface area contributed by atoms with Gasteiger partial charge in [0.2, 0.25) is 0 Å². The third-order valence-corrected chi connectivity index (χ3v) is 3.65. The van der Waals surface area contributed by atoms with E-state index < -0.39 is 17.7 Å². The van der Waals surface area contributed by atoms with Gasteiger partial charge >= 0.3 is 0 Å². The molecule has 2 aromatic carbocycles. The number of hydrogen-bond donors (Lipinski definition) is 1. The van der Waals surface area contributed by atoms with Gasteiger partial charge in [-0.1, -0.05) is 33.6 Å². The fraction of sp³-hybridized carbons (Fsp3) is 0.143. The second-order valence-corrected chi connectivity index (χ2v) is 5.51. The molecule has 100 valence electrons. The molecule has 1 unspecified atom stereocenters. The third kappa shape index (κ3) is 2.96. The standard InChI is InChI=1S/C14H10BrClF2O/c1-7-4-10(11(16)6-12(7)17)14(19)9-3-2-8(15)5-13(9)18/h2-6,14,19H,1H3. The van der Waals surface area contributed by atoms with Crippen LogP contribution in [0.3, 0.4) is 0 Å². The first-order valence-corrected chi connectivity index (χ1v) is 6.66. The van der Waals surface area contributed by atoms with Gasteiger partial charge in [0.1, 0.15) is 17.7 Å². The van der Waals surface area contributed by atoms with Gasteiger partial charge in [-0.3, -0.25) is 0 Å². The predicted molar refractivity (Wildman–Crippen MR) is 74.3 cm³/mol. The smallest absolute Gasteiger partial charge is 0.130 e. The van der Waals surface area contributed by atoms with Gasteiger partial charge in [-0.05, 0) is 36.8 Å². The van der Waals surface area contributed by atoms with E-state index >= 15 is 0 Å². The van der Waals surface area contributed by atoms with Crippen molar-refractivity contribution < 1.29 is 13.9 Å². The summed E-state index contributed by atoms with van der Waals surface area (Å²) in [5.74, 6) is -1.02. The summed E-state index contributed by atoms with van der Waals surface area (Å²) in [6.45, 7) is 1.56. The molecule has 0 aromatic heterocycles. The molecule has 0 saturated heterocycles. The van der Waals surface area contributed by atoms with Crippen LogP contribution < -0.4 is 0 Å². The second kappa shape index (κ2) is 5.57. The van der Waals surface area contributed by atoms with Crippen molar-refractivity contribution in [1.82, 2.24) is 0 Å². The maximum atomic E-state index is 13.8. The number of aliphatic hydroxyl groups excluding tert-OH is 1. The van der Waals surface area contributed by atoms with Crippen LogP contribution in [0.2, 0.25) is 5.02 Å². The maximum Gasteiger partial charge on any atom is 0.130 e. The topological polar surface area (TPSA) is 20.2 Å². The minimum atomic E-state index is -1.24. The van der Waals surface area contributed by atoms with Crippen molar-refractivity contribution in [3.8, 4) is 0 Å². The molecule has 19 heavy (non-hydrogen) atoms. The molecule has 0 bridgehead atoms. The zero-order chi connectivity index (χ0) is 14.2. The highest BCUT2D eigenvalue weighted by molar-refractivity contribution is 9.10. The van der Waals surface area contributed by atoms with E-state index in [9.17, 15) is 13.9 Å². The molecule has 0 radical (unpaired) electrons. The van der Waals surface area contributed by atoms with Gasteiger partial charge in [0.05, 0.1) is 0 Å². The Hall–Kier alpha value is -0.970. The average molecular weight is 348 g/mol. The van der Waals surface area contributed by atoms with E-state index in [-0.39, 0.29) is 16.1 Å². The predicted octanol–water partition coefficient (Wildman–Crippen LogP) is 4.77. The third-order valence-electron chi connectivity index (χ3n) is 2.83. The van der Waals surface area contributed by atoms with Gasteiger partial charge in [0.15, 0.2) is 0 Å². The molecular weight excluding hydrogens is 338 g/mol. The average Bonchev–Trinajstić information content (AvgIpc) is 2.33. The molecule has 0 saturated carbocycles. The Kier molecular flexibility index (Phi) is 4.23. The van der Waals surface area contributed by atoms with Crippen LogP contribution in [0.4, 0.5) is 8.78 Å². The van der Waals surface area contributed by atoms with Crippen LogP contribution in [0.15, 0.2) is 34.8 Å². The largest absolute Gasteiger partial charge is 0.383 e. The van der Waals surface area contributed by atoms with Crippen molar-refractivity contribution >= 4 is 27.5 Å². The first-order valence-electron chi connectivity index (χ1n) is 5.48. The van der Waals surface area contributed by atoms with Gasteiger partial charge in [-0.15, -0.1) is 0 Å². The van der Waals surface area contributed by atoms with Crippen LogP contribution in [-0.2, 0) is 0 Å². The van der Waals surface area contributed by atoms with Crippen molar-refractivity contribution in [1.29, 1.82) is 0 Å². The van der Waals surface area contributed by atoms with Crippen LogP contribution in [-0.4, -0.2) is 5.11 Å². The highest BCUT2D eigenvalue weighted by Crippen LogP contribution is 2.32.